The van der Waals surface area contributed by atoms with Gasteiger partial charge in [-0.3, -0.25) is 4.79 Å². The van der Waals surface area contributed by atoms with Gasteiger partial charge in [-0.05, 0) is 65.0 Å². The maximum absolute atomic E-state index is 11.5. The van der Waals surface area contributed by atoms with Gasteiger partial charge in [0, 0.05) is 19.3 Å². The molecule has 2 aliphatic rings. The first-order chi connectivity index (χ1) is 14.7. The Labute approximate surface area is 183 Å². The van der Waals surface area contributed by atoms with Crippen molar-refractivity contribution >= 4 is 18.0 Å². The molecule has 1 saturated carbocycles. The van der Waals surface area contributed by atoms with Crippen molar-refractivity contribution in [3.63, 3.8) is 0 Å². The van der Waals surface area contributed by atoms with E-state index in [2.05, 4.69) is 34.6 Å². The third-order valence-electron chi connectivity index (χ3n) is 5.66. The molecular formula is C23H34N4O4. The fourth-order valence-corrected chi connectivity index (χ4v) is 3.77. The van der Waals surface area contributed by atoms with E-state index in [1.165, 1.54) is 5.56 Å². The summed E-state index contributed by atoms with van der Waals surface area (Å²) in [5, 5.41) is 2.97. The van der Waals surface area contributed by atoms with E-state index in [-0.39, 0.29) is 11.6 Å². The summed E-state index contributed by atoms with van der Waals surface area (Å²) in [7, 11) is 0. The van der Waals surface area contributed by atoms with Crippen LogP contribution in [0, 0.1) is 12.8 Å². The second-order valence-electron chi connectivity index (χ2n) is 9.35. The fourth-order valence-electron chi connectivity index (χ4n) is 3.77. The lowest BCUT2D eigenvalue weighted by Gasteiger charge is -2.29. The standard InChI is InChI=1S/C14H17N3O.C9H17NO3/c1-10-4-3-7-17-12(10)8-15-13(17)14(2,16-9-18)11-5-6-11;1-9(2,3)13-8(11)10-4-6-12-7-5-10/h3-4,7-9,11H,5-6H2,1-2H3,(H,16,18);4-7H2,1-3H3. The van der Waals surface area contributed by atoms with Crippen molar-refractivity contribution in [3.8, 4) is 0 Å². The molecule has 2 fully saturated rings. The molecule has 0 aromatic carbocycles. The number of nitrogens with zero attached hydrogens (tertiary/aromatic N) is 3. The normalized spacial score (nSPS) is 18.5. The largest absolute Gasteiger partial charge is 0.444 e. The molecule has 4 rings (SSSR count). The van der Waals surface area contributed by atoms with Crippen LogP contribution in [0.5, 0.6) is 0 Å². The molecule has 8 nitrogen and oxygen atoms in total. The molecule has 0 bridgehead atoms. The van der Waals surface area contributed by atoms with Crippen LogP contribution in [-0.2, 0) is 19.8 Å². The Morgan fingerprint density at radius 2 is 1.94 bits per heavy atom. The van der Waals surface area contributed by atoms with Crippen molar-refractivity contribution < 1.29 is 19.1 Å². The Kier molecular flexibility index (Phi) is 6.89. The van der Waals surface area contributed by atoms with Crippen molar-refractivity contribution in [2.24, 2.45) is 5.92 Å². The molecule has 1 atom stereocenters. The number of hydrogen-bond acceptors (Lipinski definition) is 5. The number of pyridine rings is 1. The minimum absolute atomic E-state index is 0.240. The molecule has 8 heteroatoms. The van der Waals surface area contributed by atoms with E-state index in [1.54, 1.807) is 4.90 Å². The number of carbonyl (C=O) groups is 2. The van der Waals surface area contributed by atoms with Gasteiger partial charge in [0.15, 0.2) is 0 Å². The van der Waals surface area contributed by atoms with Crippen LogP contribution in [-0.4, -0.2) is 58.7 Å². The van der Waals surface area contributed by atoms with E-state index in [9.17, 15) is 9.59 Å². The lowest BCUT2D eigenvalue weighted by atomic mass is 9.95. The minimum atomic E-state index is -0.407. The van der Waals surface area contributed by atoms with Crippen LogP contribution in [0.25, 0.3) is 5.52 Å². The second kappa shape index (κ2) is 9.26. The molecule has 170 valence electrons. The van der Waals surface area contributed by atoms with Crippen LogP contribution in [0.2, 0.25) is 0 Å². The Morgan fingerprint density at radius 3 is 2.52 bits per heavy atom. The molecule has 3 heterocycles. The number of carbonyl (C=O) groups excluding carboxylic acids is 2. The first-order valence-corrected chi connectivity index (χ1v) is 10.9. The minimum Gasteiger partial charge on any atom is -0.444 e. The van der Waals surface area contributed by atoms with E-state index >= 15 is 0 Å². The maximum Gasteiger partial charge on any atom is 0.410 e. The van der Waals surface area contributed by atoms with Crippen LogP contribution in [0.1, 0.15) is 51.9 Å². The number of fused-ring (bicyclic) bond motifs is 1. The van der Waals surface area contributed by atoms with Gasteiger partial charge < -0.3 is 24.1 Å². The van der Waals surface area contributed by atoms with Crippen LogP contribution in [0.15, 0.2) is 24.5 Å². The van der Waals surface area contributed by atoms with Crippen molar-refractivity contribution in [2.45, 2.75) is 58.6 Å². The van der Waals surface area contributed by atoms with Gasteiger partial charge in [0.25, 0.3) is 0 Å². The number of hydrogen-bond donors (Lipinski definition) is 1. The first-order valence-electron chi connectivity index (χ1n) is 10.9. The monoisotopic (exact) mass is 430 g/mol. The highest BCUT2D eigenvalue weighted by atomic mass is 16.6. The molecule has 2 aromatic rings. The second-order valence-corrected chi connectivity index (χ2v) is 9.35. The Morgan fingerprint density at radius 1 is 1.26 bits per heavy atom. The van der Waals surface area contributed by atoms with Gasteiger partial charge in [-0.25, -0.2) is 9.78 Å². The third-order valence-corrected chi connectivity index (χ3v) is 5.66. The van der Waals surface area contributed by atoms with Gasteiger partial charge in [-0.15, -0.1) is 0 Å². The highest BCUT2D eigenvalue weighted by Gasteiger charge is 2.45. The molecule has 0 spiro atoms. The van der Waals surface area contributed by atoms with E-state index in [1.807, 2.05) is 39.2 Å². The van der Waals surface area contributed by atoms with E-state index in [4.69, 9.17) is 9.47 Å². The first kappa shape index (κ1) is 23.1. The third kappa shape index (κ3) is 5.55. The Bertz CT molecular complexity index is 910. The zero-order chi connectivity index (χ0) is 22.6. The van der Waals surface area contributed by atoms with Crippen LogP contribution >= 0.6 is 0 Å². The molecule has 31 heavy (non-hydrogen) atoms. The number of rotatable bonds is 4. The number of aromatic nitrogens is 2. The summed E-state index contributed by atoms with van der Waals surface area (Å²) in [5.74, 6) is 1.42. The lowest BCUT2D eigenvalue weighted by Crippen LogP contribution is -2.43. The van der Waals surface area contributed by atoms with Gasteiger partial charge in [-0.1, -0.05) is 6.07 Å². The number of ether oxygens (including phenoxy) is 2. The number of imidazole rings is 1. The maximum atomic E-state index is 11.5. The number of aryl methyl sites for hydroxylation is 1. The van der Waals surface area contributed by atoms with Crippen molar-refractivity contribution in [2.75, 3.05) is 26.3 Å². The molecule has 1 unspecified atom stereocenters. The molecule has 1 saturated heterocycles. The van der Waals surface area contributed by atoms with Crippen molar-refractivity contribution in [1.82, 2.24) is 19.6 Å². The van der Waals surface area contributed by atoms with Gasteiger partial charge in [-0.2, -0.15) is 0 Å². The average molecular weight is 431 g/mol. The zero-order valence-electron chi connectivity index (χ0n) is 19.2. The van der Waals surface area contributed by atoms with Crippen LogP contribution < -0.4 is 5.32 Å². The molecule has 1 aliphatic heterocycles. The Hall–Kier alpha value is -2.61. The lowest BCUT2D eigenvalue weighted by molar-refractivity contribution is -0.111. The summed E-state index contributed by atoms with van der Waals surface area (Å²) in [6.45, 7) is 12.2. The highest BCUT2D eigenvalue weighted by molar-refractivity contribution is 5.68. The van der Waals surface area contributed by atoms with Gasteiger partial charge in [0.1, 0.15) is 11.4 Å². The molecule has 1 aliphatic carbocycles. The van der Waals surface area contributed by atoms with Crippen LogP contribution in [0.3, 0.4) is 0 Å². The van der Waals surface area contributed by atoms with Gasteiger partial charge in [0.05, 0.1) is 30.5 Å². The topological polar surface area (TPSA) is 85.2 Å². The van der Waals surface area contributed by atoms with Crippen molar-refractivity contribution in [1.29, 1.82) is 0 Å². The number of morpholine rings is 1. The highest BCUT2D eigenvalue weighted by Crippen LogP contribution is 2.45. The predicted molar refractivity (Wildman–Crippen MR) is 118 cm³/mol. The Balaban J connectivity index is 0.000000187. The summed E-state index contributed by atoms with van der Waals surface area (Å²) >= 11 is 0. The molecule has 1 N–H and O–H groups in total. The predicted octanol–water partition coefficient (Wildman–Crippen LogP) is 3.27. The number of nitrogens with one attached hydrogen (secondary N) is 1. The van der Waals surface area contributed by atoms with Crippen molar-refractivity contribution in [3.05, 3.63) is 35.9 Å². The van der Waals surface area contributed by atoms with E-state index in [0.717, 1.165) is 30.6 Å². The van der Waals surface area contributed by atoms with Gasteiger partial charge >= 0.3 is 6.09 Å². The van der Waals surface area contributed by atoms with E-state index in [0.29, 0.717) is 32.2 Å². The molecule has 0 radical (unpaired) electrons. The smallest absolute Gasteiger partial charge is 0.410 e. The summed E-state index contributed by atoms with van der Waals surface area (Å²) in [6, 6.07) is 4.09. The molecule has 2 aromatic heterocycles. The average Bonchev–Trinajstić information content (AvgIpc) is 3.48. The van der Waals surface area contributed by atoms with Gasteiger partial charge in [0.2, 0.25) is 6.41 Å². The summed E-state index contributed by atoms with van der Waals surface area (Å²) in [6.07, 6.45) is 6.75. The molecule has 2 amide bonds. The zero-order valence-corrected chi connectivity index (χ0v) is 19.2. The van der Waals surface area contributed by atoms with Crippen LogP contribution in [0.4, 0.5) is 4.79 Å². The summed E-state index contributed by atoms with van der Waals surface area (Å²) in [5.41, 5.74) is 1.53. The van der Waals surface area contributed by atoms with E-state index < -0.39 is 5.60 Å². The molecular weight excluding hydrogens is 396 g/mol. The summed E-state index contributed by atoms with van der Waals surface area (Å²) < 4.78 is 12.4. The fraction of sp³-hybridized carbons (Fsp3) is 0.609. The number of amides is 2. The SMILES string of the molecule is CC(C)(C)OC(=O)N1CCOCC1.Cc1cccn2c(C(C)(NC=O)C3CC3)ncc12. The summed E-state index contributed by atoms with van der Waals surface area (Å²) in [4.78, 5) is 28.6. The quantitative estimate of drug-likeness (QED) is 0.753.